The van der Waals surface area contributed by atoms with E-state index in [2.05, 4.69) is 25.9 Å². The number of hydrogen-bond acceptors (Lipinski definition) is 3. The molecule has 2 aromatic heterocycles. The van der Waals surface area contributed by atoms with Crippen LogP contribution in [0.2, 0.25) is 0 Å². The van der Waals surface area contributed by atoms with Crippen LogP contribution in [0.1, 0.15) is 18.7 Å². The zero-order valence-corrected chi connectivity index (χ0v) is 12.8. The number of halogens is 2. The van der Waals surface area contributed by atoms with Crippen LogP contribution in [0.3, 0.4) is 0 Å². The highest BCUT2D eigenvalue weighted by atomic mass is 79.9. The summed E-state index contributed by atoms with van der Waals surface area (Å²) in [5.74, 6) is 2.02. The van der Waals surface area contributed by atoms with Crippen LogP contribution in [-0.4, -0.2) is 27.7 Å². The van der Waals surface area contributed by atoms with Crippen LogP contribution in [0, 0.1) is 5.92 Å². The Balaban J connectivity index is 1.75. The van der Waals surface area contributed by atoms with Crippen molar-refractivity contribution in [3.05, 3.63) is 22.6 Å². The lowest BCUT2D eigenvalue weighted by Crippen LogP contribution is -2.10. The molecule has 0 amide bonds. The smallest absolute Gasteiger partial charge is 0.160 e. The van der Waals surface area contributed by atoms with Gasteiger partial charge in [0.1, 0.15) is 11.3 Å². The molecule has 3 rings (SSSR count). The number of pyridine rings is 1. The normalized spacial score (nSPS) is 15.3. The molecular weight excluding hydrogens is 330 g/mol. The van der Waals surface area contributed by atoms with E-state index in [0.29, 0.717) is 12.5 Å². The van der Waals surface area contributed by atoms with Gasteiger partial charge in [0.2, 0.25) is 0 Å². The van der Waals surface area contributed by atoms with E-state index in [0.717, 1.165) is 40.5 Å². The Bertz CT molecular complexity index is 583. The number of imidazole rings is 1. The molecule has 0 aliphatic heterocycles. The highest BCUT2D eigenvalue weighted by Crippen LogP contribution is 2.28. The van der Waals surface area contributed by atoms with Crippen molar-refractivity contribution in [2.24, 2.45) is 5.92 Å². The Morgan fingerprint density at radius 1 is 1.47 bits per heavy atom. The van der Waals surface area contributed by atoms with Crippen molar-refractivity contribution in [1.29, 1.82) is 0 Å². The Morgan fingerprint density at radius 2 is 2.32 bits per heavy atom. The average Bonchev–Trinajstić information content (AvgIpc) is 3.16. The molecule has 0 N–H and O–H groups in total. The van der Waals surface area contributed by atoms with Crippen LogP contribution >= 0.6 is 27.5 Å². The number of alkyl halides is 1. The van der Waals surface area contributed by atoms with Crippen molar-refractivity contribution >= 4 is 38.7 Å². The molecule has 0 bridgehead atoms. The molecule has 0 radical (unpaired) electrons. The quantitative estimate of drug-likeness (QED) is 0.596. The van der Waals surface area contributed by atoms with Crippen LogP contribution in [0.5, 0.6) is 0 Å². The van der Waals surface area contributed by atoms with E-state index in [1.807, 2.05) is 10.6 Å². The largest absolute Gasteiger partial charge is 0.379 e. The minimum Gasteiger partial charge on any atom is -0.379 e. The summed E-state index contributed by atoms with van der Waals surface area (Å²) in [6, 6.07) is 1.96. The second-order valence-corrected chi connectivity index (χ2v) is 6.01. The molecule has 0 atom stereocenters. The highest BCUT2D eigenvalue weighted by Gasteiger charge is 2.21. The van der Waals surface area contributed by atoms with E-state index in [1.54, 1.807) is 6.20 Å². The first kappa shape index (κ1) is 13.3. The molecule has 102 valence electrons. The van der Waals surface area contributed by atoms with E-state index in [1.165, 1.54) is 12.8 Å². The standard InChI is InChI=1S/C13H15BrClN3O/c14-10-5-11-13(16-7-10)18(12(6-15)17-11)3-4-19-8-9-1-2-9/h5,7,9H,1-4,6,8H2. The van der Waals surface area contributed by atoms with Crippen LogP contribution in [0.15, 0.2) is 16.7 Å². The van der Waals surface area contributed by atoms with E-state index < -0.39 is 0 Å². The van der Waals surface area contributed by atoms with Gasteiger partial charge in [0.25, 0.3) is 0 Å². The van der Waals surface area contributed by atoms with E-state index >= 15 is 0 Å². The fourth-order valence-electron chi connectivity index (χ4n) is 2.06. The third-order valence-electron chi connectivity index (χ3n) is 3.26. The van der Waals surface area contributed by atoms with Gasteiger partial charge in [0.05, 0.1) is 12.5 Å². The van der Waals surface area contributed by atoms with Crippen LogP contribution < -0.4 is 0 Å². The van der Waals surface area contributed by atoms with Gasteiger partial charge in [-0.3, -0.25) is 0 Å². The van der Waals surface area contributed by atoms with Crippen LogP contribution in [-0.2, 0) is 17.2 Å². The van der Waals surface area contributed by atoms with Gasteiger partial charge in [-0.15, -0.1) is 11.6 Å². The van der Waals surface area contributed by atoms with Gasteiger partial charge in [-0.05, 0) is 40.8 Å². The highest BCUT2D eigenvalue weighted by molar-refractivity contribution is 9.10. The van der Waals surface area contributed by atoms with Crippen molar-refractivity contribution in [2.75, 3.05) is 13.2 Å². The first-order valence-electron chi connectivity index (χ1n) is 6.42. The molecule has 1 saturated carbocycles. The maximum absolute atomic E-state index is 5.95. The zero-order valence-electron chi connectivity index (χ0n) is 10.5. The summed E-state index contributed by atoms with van der Waals surface area (Å²) < 4.78 is 8.64. The van der Waals surface area contributed by atoms with E-state index in [9.17, 15) is 0 Å². The predicted octanol–water partition coefficient (Wildman–Crippen LogP) is 3.36. The van der Waals surface area contributed by atoms with Crippen molar-refractivity contribution in [2.45, 2.75) is 25.3 Å². The van der Waals surface area contributed by atoms with E-state index in [4.69, 9.17) is 16.3 Å². The lowest BCUT2D eigenvalue weighted by Gasteiger charge is -2.07. The minimum atomic E-state index is 0.386. The van der Waals surface area contributed by atoms with Gasteiger partial charge < -0.3 is 9.30 Å². The summed E-state index contributed by atoms with van der Waals surface area (Å²) >= 11 is 9.36. The van der Waals surface area contributed by atoms with Gasteiger partial charge in [0.15, 0.2) is 5.65 Å². The molecule has 1 aliphatic carbocycles. The molecule has 0 unspecified atom stereocenters. The molecule has 2 aromatic rings. The monoisotopic (exact) mass is 343 g/mol. The molecule has 0 aromatic carbocycles. The second kappa shape index (κ2) is 5.77. The third kappa shape index (κ3) is 3.09. The number of nitrogens with zero attached hydrogens (tertiary/aromatic N) is 3. The molecule has 1 fully saturated rings. The maximum atomic E-state index is 5.95. The predicted molar refractivity (Wildman–Crippen MR) is 78.3 cm³/mol. The molecule has 0 spiro atoms. The molecule has 19 heavy (non-hydrogen) atoms. The van der Waals surface area contributed by atoms with Crippen LogP contribution in [0.25, 0.3) is 11.2 Å². The summed E-state index contributed by atoms with van der Waals surface area (Å²) in [6.45, 7) is 2.31. The topological polar surface area (TPSA) is 39.9 Å². The van der Waals surface area contributed by atoms with Gasteiger partial charge in [-0.2, -0.15) is 0 Å². The van der Waals surface area contributed by atoms with Crippen molar-refractivity contribution in [1.82, 2.24) is 14.5 Å². The second-order valence-electron chi connectivity index (χ2n) is 4.83. The summed E-state index contributed by atoms with van der Waals surface area (Å²) in [7, 11) is 0. The molecule has 6 heteroatoms. The van der Waals surface area contributed by atoms with Crippen LogP contribution in [0.4, 0.5) is 0 Å². The van der Waals surface area contributed by atoms with E-state index in [-0.39, 0.29) is 0 Å². The number of fused-ring (bicyclic) bond motifs is 1. The summed E-state index contributed by atoms with van der Waals surface area (Å²) in [6.07, 6.45) is 4.41. The van der Waals surface area contributed by atoms with Gasteiger partial charge >= 0.3 is 0 Å². The first-order valence-corrected chi connectivity index (χ1v) is 7.75. The fraction of sp³-hybridized carbons (Fsp3) is 0.538. The lowest BCUT2D eigenvalue weighted by molar-refractivity contribution is 0.117. The van der Waals surface area contributed by atoms with Crippen molar-refractivity contribution in [3.8, 4) is 0 Å². The van der Waals surface area contributed by atoms with Gasteiger partial charge in [-0.25, -0.2) is 9.97 Å². The molecule has 4 nitrogen and oxygen atoms in total. The number of hydrogen-bond donors (Lipinski definition) is 0. The summed E-state index contributed by atoms with van der Waals surface area (Å²) in [5, 5.41) is 0. The van der Waals surface area contributed by atoms with Gasteiger partial charge in [0, 0.05) is 23.8 Å². The Kier molecular flexibility index (Phi) is 4.05. The Labute approximate surface area is 125 Å². The Morgan fingerprint density at radius 3 is 3.05 bits per heavy atom. The average molecular weight is 345 g/mol. The molecule has 2 heterocycles. The Hall–Kier alpha value is -0.650. The summed E-state index contributed by atoms with van der Waals surface area (Å²) in [5.41, 5.74) is 1.74. The minimum absolute atomic E-state index is 0.386. The number of aromatic nitrogens is 3. The zero-order chi connectivity index (χ0) is 13.2. The lowest BCUT2D eigenvalue weighted by atomic mass is 10.4. The summed E-state index contributed by atoms with van der Waals surface area (Å²) in [4.78, 5) is 8.92. The number of rotatable bonds is 6. The fourth-order valence-corrected chi connectivity index (χ4v) is 2.58. The maximum Gasteiger partial charge on any atom is 0.160 e. The molecular formula is C13H15BrClN3O. The first-order chi connectivity index (χ1) is 9.28. The molecule has 0 saturated heterocycles. The van der Waals surface area contributed by atoms with Crippen molar-refractivity contribution in [3.63, 3.8) is 0 Å². The van der Waals surface area contributed by atoms with Crippen molar-refractivity contribution < 1.29 is 4.74 Å². The SMILES string of the molecule is ClCc1nc2cc(Br)cnc2n1CCOCC1CC1. The third-order valence-corrected chi connectivity index (χ3v) is 3.93. The number of ether oxygens (including phenoxy) is 1. The van der Waals surface area contributed by atoms with Gasteiger partial charge in [-0.1, -0.05) is 0 Å². The molecule has 1 aliphatic rings.